The van der Waals surface area contributed by atoms with Crippen molar-refractivity contribution in [1.82, 2.24) is 0 Å². The Morgan fingerprint density at radius 1 is 0.929 bits per heavy atom. The lowest BCUT2D eigenvalue weighted by Crippen LogP contribution is -2.56. The zero-order valence-corrected chi connectivity index (χ0v) is 16.3. The number of aliphatic hydroxyl groups is 1. The third-order valence-corrected chi connectivity index (χ3v) is 4.87. The fraction of sp³-hybridized carbons (Fsp3) is 0.400. The predicted molar refractivity (Wildman–Crippen MR) is 102 cm³/mol. The molecule has 0 bridgehead atoms. The Morgan fingerprint density at radius 2 is 1.43 bits per heavy atom. The minimum atomic E-state index is -3.74. The van der Waals surface area contributed by atoms with Gasteiger partial charge >= 0.3 is 0 Å². The van der Waals surface area contributed by atoms with Crippen LogP contribution in [0.5, 0.6) is 0 Å². The summed E-state index contributed by atoms with van der Waals surface area (Å²) in [5.74, 6) is 0. The Labute approximate surface area is 164 Å². The highest BCUT2D eigenvalue weighted by Crippen LogP contribution is 2.25. The van der Waals surface area contributed by atoms with Gasteiger partial charge in [0, 0.05) is 0 Å². The second-order valence-corrected chi connectivity index (χ2v) is 8.19. The zero-order valence-electron chi connectivity index (χ0n) is 15.5. The molecule has 0 spiro atoms. The second-order valence-electron chi connectivity index (χ2n) is 6.59. The van der Waals surface area contributed by atoms with E-state index in [4.69, 9.17) is 18.4 Å². The van der Waals surface area contributed by atoms with Crippen LogP contribution in [0.25, 0.3) is 0 Å². The first-order valence-corrected chi connectivity index (χ1v) is 10.7. The lowest BCUT2D eigenvalue weighted by molar-refractivity contribution is -0.274. The molecule has 3 rings (SSSR count). The lowest BCUT2D eigenvalue weighted by atomic mass is 10.0. The molecule has 1 fully saturated rings. The van der Waals surface area contributed by atoms with Crippen LogP contribution in [0, 0.1) is 0 Å². The highest BCUT2D eigenvalue weighted by Gasteiger charge is 2.43. The monoisotopic (exact) mass is 408 g/mol. The van der Waals surface area contributed by atoms with Gasteiger partial charge in [0.25, 0.3) is 10.1 Å². The molecule has 4 atom stereocenters. The van der Waals surface area contributed by atoms with Crippen LogP contribution >= 0.6 is 0 Å². The SMILES string of the molecule is CS(=O)(=O)O[C@@H]1COC(O)[C@H](OCc2ccccc2)[C@H]1OCc1ccccc1. The summed E-state index contributed by atoms with van der Waals surface area (Å²) in [4.78, 5) is 0. The Bertz CT molecular complexity index is 826. The molecular formula is C20H24O7S. The van der Waals surface area contributed by atoms with Crippen LogP contribution in [-0.2, 0) is 41.7 Å². The van der Waals surface area contributed by atoms with Crippen LogP contribution < -0.4 is 0 Å². The number of ether oxygens (including phenoxy) is 3. The van der Waals surface area contributed by atoms with Crippen molar-refractivity contribution in [3.05, 3.63) is 71.8 Å². The second kappa shape index (κ2) is 9.60. The molecule has 0 aromatic heterocycles. The zero-order chi connectivity index (χ0) is 20.0. The van der Waals surface area contributed by atoms with Gasteiger partial charge in [-0.2, -0.15) is 8.42 Å². The van der Waals surface area contributed by atoms with Gasteiger partial charge in [0.2, 0.25) is 0 Å². The van der Waals surface area contributed by atoms with E-state index in [1.54, 1.807) is 0 Å². The van der Waals surface area contributed by atoms with Gasteiger partial charge in [-0.25, -0.2) is 0 Å². The first kappa shape index (κ1) is 20.9. The molecule has 7 nitrogen and oxygen atoms in total. The van der Waals surface area contributed by atoms with Crippen molar-refractivity contribution in [2.24, 2.45) is 0 Å². The molecule has 28 heavy (non-hydrogen) atoms. The first-order valence-electron chi connectivity index (χ1n) is 8.91. The predicted octanol–water partition coefficient (Wildman–Crippen LogP) is 1.85. The Hall–Kier alpha value is -1.81. The van der Waals surface area contributed by atoms with Gasteiger partial charge in [-0.1, -0.05) is 60.7 Å². The van der Waals surface area contributed by atoms with Crippen molar-refractivity contribution in [3.63, 3.8) is 0 Å². The maximum absolute atomic E-state index is 11.7. The maximum Gasteiger partial charge on any atom is 0.264 e. The van der Waals surface area contributed by atoms with Gasteiger partial charge in [-0.3, -0.25) is 4.18 Å². The summed E-state index contributed by atoms with van der Waals surface area (Å²) in [5, 5.41) is 10.3. The third kappa shape index (κ3) is 6.10. The Balaban J connectivity index is 1.75. The van der Waals surface area contributed by atoms with Crippen molar-refractivity contribution in [3.8, 4) is 0 Å². The molecule has 1 aliphatic rings. The van der Waals surface area contributed by atoms with Gasteiger partial charge in [-0.05, 0) is 11.1 Å². The summed E-state index contributed by atoms with van der Waals surface area (Å²) in [6.07, 6.45) is -2.97. The Kier molecular flexibility index (Phi) is 7.17. The summed E-state index contributed by atoms with van der Waals surface area (Å²) in [6.45, 7) is 0.300. The van der Waals surface area contributed by atoms with Gasteiger partial charge in [0.05, 0.1) is 26.1 Å². The van der Waals surface area contributed by atoms with Crippen LogP contribution in [0.2, 0.25) is 0 Å². The van der Waals surface area contributed by atoms with Crippen LogP contribution in [0.1, 0.15) is 11.1 Å². The van der Waals surface area contributed by atoms with E-state index in [-0.39, 0.29) is 19.8 Å². The van der Waals surface area contributed by atoms with E-state index >= 15 is 0 Å². The molecule has 0 radical (unpaired) electrons. The normalized spacial score (nSPS) is 25.5. The topological polar surface area (TPSA) is 91.3 Å². The molecule has 0 aliphatic carbocycles. The van der Waals surface area contributed by atoms with Crippen LogP contribution in [-0.4, -0.2) is 51.0 Å². The summed E-state index contributed by atoms with van der Waals surface area (Å²) < 4.78 is 45.5. The van der Waals surface area contributed by atoms with Gasteiger partial charge in [-0.15, -0.1) is 0 Å². The van der Waals surface area contributed by atoms with E-state index in [9.17, 15) is 13.5 Å². The highest BCUT2D eigenvalue weighted by atomic mass is 32.2. The summed E-state index contributed by atoms with van der Waals surface area (Å²) in [5.41, 5.74) is 1.81. The standard InChI is InChI=1S/C20H24O7S/c1-28(22,23)27-17-14-26-20(21)19(25-13-16-10-6-3-7-11-16)18(17)24-12-15-8-4-2-5-9-15/h2-11,17-21H,12-14H2,1H3/t17-,18+,19-,20?/m1/s1. The Morgan fingerprint density at radius 3 is 1.93 bits per heavy atom. The molecule has 1 N–H and O–H groups in total. The fourth-order valence-electron chi connectivity index (χ4n) is 2.98. The number of rotatable bonds is 8. The van der Waals surface area contributed by atoms with Gasteiger partial charge in [0.15, 0.2) is 6.29 Å². The van der Waals surface area contributed by atoms with E-state index in [0.29, 0.717) is 0 Å². The number of aliphatic hydroxyl groups excluding tert-OH is 1. The van der Waals surface area contributed by atoms with Crippen LogP contribution in [0.3, 0.4) is 0 Å². The summed E-state index contributed by atoms with van der Waals surface area (Å²) in [7, 11) is -3.74. The third-order valence-electron chi connectivity index (χ3n) is 4.27. The van der Waals surface area contributed by atoms with E-state index in [0.717, 1.165) is 17.4 Å². The molecule has 152 valence electrons. The molecule has 1 saturated heterocycles. The number of benzene rings is 2. The smallest absolute Gasteiger partial charge is 0.264 e. The molecule has 0 saturated carbocycles. The quantitative estimate of drug-likeness (QED) is 0.667. The van der Waals surface area contributed by atoms with Crippen LogP contribution in [0.15, 0.2) is 60.7 Å². The largest absolute Gasteiger partial charge is 0.368 e. The molecular weight excluding hydrogens is 384 g/mol. The van der Waals surface area contributed by atoms with E-state index in [1.165, 1.54) is 0 Å². The number of hydrogen-bond acceptors (Lipinski definition) is 7. The molecule has 1 aliphatic heterocycles. The van der Waals surface area contributed by atoms with Gasteiger partial charge in [0.1, 0.15) is 18.3 Å². The van der Waals surface area contributed by atoms with Crippen molar-refractivity contribution in [2.75, 3.05) is 12.9 Å². The number of hydrogen-bond donors (Lipinski definition) is 1. The molecule has 1 unspecified atom stereocenters. The molecule has 1 heterocycles. The van der Waals surface area contributed by atoms with Crippen LogP contribution in [0.4, 0.5) is 0 Å². The van der Waals surface area contributed by atoms with Crippen molar-refractivity contribution < 1.29 is 31.9 Å². The maximum atomic E-state index is 11.7. The minimum absolute atomic E-state index is 0.126. The summed E-state index contributed by atoms with van der Waals surface area (Å²) >= 11 is 0. The lowest BCUT2D eigenvalue weighted by Gasteiger charge is -2.39. The van der Waals surface area contributed by atoms with E-state index in [1.807, 2.05) is 60.7 Å². The average Bonchev–Trinajstić information content (AvgIpc) is 2.68. The molecule has 2 aromatic rings. The highest BCUT2D eigenvalue weighted by molar-refractivity contribution is 7.86. The first-order chi connectivity index (χ1) is 13.4. The van der Waals surface area contributed by atoms with Gasteiger partial charge < -0.3 is 19.3 Å². The van der Waals surface area contributed by atoms with Crippen molar-refractivity contribution in [2.45, 2.75) is 37.8 Å². The van der Waals surface area contributed by atoms with E-state index in [2.05, 4.69) is 0 Å². The van der Waals surface area contributed by atoms with Crippen molar-refractivity contribution in [1.29, 1.82) is 0 Å². The minimum Gasteiger partial charge on any atom is -0.368 e. The summed E-state index contributed by atoms with van der Waals surface area (Å²) in [6, 6.07) is 18.9. The van der Waals surface area contributed by atoms with Crippen molar-refractivity contribution >= 4 is 10.1 Å². The molecule has 0 amide bonds. The van der Waals surface area contributed by atoms with E-state index < -0.39 is 34.7 Å². The molecule has 8 heteroatoms. The molecule has 2 aromatic carbocycles. The average molecular weight is 408 g/mol. The fourth-order valence-corrected chi connectivity index (χ4v) is 3.59.